The molecule has 2 aliphatic heterocycles. The summed E-state index contributed by atoms with van der Waals surface area (Å²) in [5, 5.41) is 31.0. The van der Waals surface area contributed by atoms with Gasteiger partial charge in [-0.05, 0) is 40.5 Å². The minimum atomic E-state index is -1.03. The molecule has 14 heteroatoms. The predicted molar refractivity (Wildman–Crippen MR) is 191 cm³/mol. The van der Waals surface area contributed by atoms with Crippen molar-refractivity contribution < 1.29 is 24.0 Å². The van der Waals surface area contributed by atoms with Crippen LogP contribution in [0.1, 0.15) is 65.9 Å². The van der Waals surface area contributed by atoms with Crippen molar-refractivity contribution in [3.63, 3.8) is 0 Å². The fourth-order valence-corrected chi connectivity index (χ4v) is 6.35. The minimum absolute atomic E-state index is 0.0763. The summed E-state index contributed by atoms with van der Waals surface area (Å²) in [5.41, 5.74) is 2.83. The first-order valence-electron chi connectivity index (χ1n) is 16.8. The van der Waals surface area contributed by atoms with Crippen molar-refractivity contribution >= 4 is 51.7 Å². The van der Waals surface area contributed by atoms with E-state index in [1.54, 1.807) is 38.6 Å². The third kappa shape index (κ3) is 10.4. The maximum atomic E-state index is 10.3. The smallest absolute Gasteiger partial charge is 0.469 e. The summed E-state index contributed by atoms with van der Waals surface area (Å²) in [6.45, 7) is 12.1. The van der Waals surface area contributed by atoms with Gasteiger partial charge in [-0.2, -0.15) is 0 Å². The van der Waals surface area contributed by atoms with E-state index in [4.69, 9.17) is 19.3 Å². The van der Waals surface area contributed by atoms with E-state index in [9.17, 15) is 10.4 Å². The van der Waals surface area contributed by atoms with E-state index in [0.29, 0.717) is 41.4 Å². The Morgan fingerprint density at radius 2 is 1.92 bits per heavy atom. The average Bonchev–Trinajstić information content (AvgIpc) is 3.48. The zero-order valence-electron chi connectivity index (χ0n) is 29.0. The molecule has 2 fully saturated rings. The molecule has 49 heavy (non-hydrogen) atoms. The van der Waals surface area contributed by atoms with Crippen molar-refractivity contribution in [3.8, 4) is 22.9 Å². The molecule has 2 aromatic rings. The second-order valence-corrected chi connectivity index (χ2v) is 14.4. The second-order valence-electron chi connectivity index (χ2n) is 13.4. The fourth-order valence-electron chi connectivity index (χ4n) is 6.11. The first-order chi connectivity index (χ1) is 23.5. The number of nitrogens with one attached hydrogen (secondary N) is 2. The number of nitriles is 1. The zero-order chi connectivity index (χ0) is 35.0. The van der Waals surface area contributed by atoms with E-state index >= 15 is 0 Å². The SMILES string of the molecule is C[C@@H]1CN(C2CCC(=[N+]3C=C(Nc4ncc(-c5ccc(C#N)c(O[C@@H](C)CN=CN[CH]=[In])c5)cn4)C(OCC(C)(C)O)=N3)CC2)C[C@H](C)O1. The molecule has 3 heterocycles. The number of hydrogen-bond acceptors (Lipinski definition) is 11. The van der Waals surface area contributed by atoms with Crippen LogP contribution in [0, 0.1) is 11.3 Å². The zero-order valence-corrected chi connectivity index (χ0v) is 32.3. The number of benzene rings is 1. The number of morpholine rings is 1. The van der Waals surface area contributed by atoms with Crippen LogP contribution in [-0.4, -0.2) is 127 Å². The molecule has 0 amide bonds. The number of ether oxygens (including phenoxy) is 3. The number of nitrogens with zero attached hydrogens (tertiary/aromatic N) is 7. The molecule has 3 atom stereocenters. The van der Waals surface area contributed by atoms with E-state index in [2.05, 4.69) is 50.4 Å². The van der Waals surface area contributed by atoms with Crippen molar-refractivity contribution in [1.82, 2.24) is 20.2 Å². The van der Waals surface area contributed by atoms with Gasteiger partial charge in [-0.1, -0.05) is 4.68 Å². The summed E-state index contributed by atoms with van der Waals surface area (Å²) in [6, 6.07) is 8.15. The summed E-state index contributed by atoms with van der Waals surface area (Å²) < 4.78 is 21.8. The Hall–Kier alpha value is -3.64. The van der Waals surface area contributed by atoms with Crippen LogP contribution in [0.3, 0.4) is 0 Å². The van der Waals surface area contributed by atoms with Gasteiger partial charge >= 0.3 is 139 Å². The van der Waals surface area contributed by atoms with Gasteiger partial charge in [-0.3, -0.25) is 4.90 Å². The molecule has 0 spiro atoms. The number of aromatic nitrogens is 2. The molecule has 5 rings (SSSR count). The fraction of sp³-hybridized carbons (Fsp3) is 0.514. The molecule has 1 saturated heterocycles. The standard InChI is InChI=1S/C35H46N9O4.In/c1-23(15-38-22-37-6)48-32-13-26(7-8-27(32)14-36)28-16-39-34(40-17-28)41-31-20-44(42-33(31)46-21-35(4,5)45)30-11-9-29(10-12-30)43-18-24(2)47-25(3)19-43;/h6-8,13,16-17,20,22-25,29,45H,9-12,15,18-19,21H2,1-5H3,(H,37,38)(H,39,40,41);/q+1;/t23-,24-,25+,29?;/m0./s1. The van der Waals surface area contributed by atoms with Gasteiger partial charge in [0.25, 0.3) is 0 Å². The predicted octanol–water partition coefficient (Wildman–Crippen LogP) is 3.20. The third-order valence-electron chi connectivity index (χ3n) is 8.35. The average molecular weight is 772 g/mol. The van der Waals surface area contributed by atoms with Crippen molar-refractivity contribution in [2.24, 2.45) is 10.1 Å². The van der Waals surface area contributed by atoms with Crippen LogP contribution in [0.15, 0.2) is 52.6 Å². The van der Waals surface area contributed by atoms with E-state index in [1.165, 1.54) is 5.71 Å². The molecule has 1 saturated carbocycles. The monoisotopic (exact) mass is 771 g/mol. The van der Waals surface area contributed by atoms with Crippen LogP contribution in [-0.2, 0) is 9.47 Å². The van der Waals surface area contributed by atoms with E-state index in [-0.39, 0.29) is 24.9 Å². The van der Waals surface area contributed by atoms with Crippen LogP contribution in [0.2, 0.25) is 0 Å². The topological polar surface area (TPSA) is 153 Å². The van der Waals surface area contributed by atoms with Gasteiger partial charge in [0.1, 0.15) is 6.61 Å². The van der Waals surface area contributed by atoms with E-state index in [0.717, 1.165) is 73.8 Å². The quantitative estimate of drug-likeness (QED) is 0.167. The van der Waals surface area contributed by atoms with Gasteiger partial charge in [-0.25, -0.2) is 9.97 Å². The number of hydrazone groups is 1. The van der Waals surface area contributed by atoms with Gasteiger partial charge in [-0.15, -0.1) is 0 Å². The Labute approximate surface area is 302 Å². The minimum Gasteiger partial charge on any atom is -0.469 e. The van der Waals surface area contributed by atoms with Gasteiger partial charge < -0.3 is 19.9 Å². The Bertz CT molecular complexity index is 1630. The van der Waals surface area contributed by atoms with Crippen LogP contribution in [0.25, 0.3) is 11.1 Å². The van der Waals surface area contributed by atoms with Crippen LogP contribution in [0.5, 0.6) is 5.75 Å². The second kappa shape index (κ2) is 16.8. The molecular formula is C35H46InN9O4+. The molecule has 0 unspecified atom stereocenters. The summed E-state index contributed by atoms with van der Waals surface area (Å²) in [5.74, 6) is 1.23. The number of aliphatic hydroxyl groups is 1. The first-order valence-corrected chi connectivity index (χ1v) is 18.7. The first kappa shape index (κ1) is 36.6. The van der Waals surface area contributed by atoms with E-state index in [1.807, 2.05) is 33.8 Å². The van der Waals surface area contributed by atoms with Crippen molar-refractivity contribution in [2.45, 2.75) is 90.3 Å². The molecule has 257 valence electrons. The normalized spacial score (nSPS) is 22.2. The van der Waals surface area contributed by atoms with Gasteiger partial charge in [0, 0.05) is 37.1 Å². The van der Waals surface area contributed by atoms with Gasteiger partial charge in [0.15, 0.2) is 11.4 Å². The van der Waals surface area contributed by atoms with Crippen LogP contribution in [0.4, 0.5) is 5.95 Å². The van der Waals surface area contributed by atoms with E-state index < -0.39 is 5.60 Å². The number of rotatable bonds is 12. The molecule has 0 bridgehead atoms. The number of hydrogen-bond donors (Lipinski definition) is 3. The molecule has 3 N–H and O–H groups in total. The molecule has 13 nitrogen and oxygen atoms in total. The van der Waals surface area contributed by atoms with Crippen molar-refractivity contribution in [1.29, 1.82) is 5.26 Å². The summed E-state index contributed by atoms with van der Waals surface area (Å²) >= 11 is 0.990. The van der Waals surface area contributed by atoms with Crippen molar-refractivity contribution in [3.05, 3.63) is 48.1 Å². The maximum absolute atomic E-state index is 10.3. The van der Waals surface area contributed by atoms with Crippen LogP contribution >= 0.6 is 0 Å². The third-order valence-corrected chi connectivity index (χ3v) is 8.90. The molecule has 1 aromatic heterocycles. The number of aliphatic imine (C=N–C) groups is 1. The Balaban J connectivity index is 1.28. The Morgan fingerprint density at radius 1 is 1.20 bits per heavy atom. The molecule has 1 radical (unpaired) electrons. The molecule has 1 aliphatic carbocycles. The van der Waals surface area contributed by atoms with Gasteiger partial charge in [0.2, 0.25) is 12.1 Å². The van der Waals surface area contributed by atoms with Gasteiger partial charge in [0.05, 0.1) is 17.8 Å². The van der Waals surface area contributed by atoms with Crippen LogP contribution < -0.4 is 15.4 Å². The molecule has 1 aromatic carbocycles. The Kier molecular flexibility index (Phi) is 12.6. The van der Waals surface area contributed by atoms with Crippen molar-refractivity contribution in [2.75, 3.05) is 31.6 Å². The molecular weight excluding hydrogens is 725 g/mol. The summed E-state index contributed by atoms with van der Waals surface area (Å²) in [4.78, 5) is 16.0. The number of anilines is 1. The summed E-state index contributed by atoms with van der Waals surface area (Å²) in [7, 11) is 0. The molecule has 3 aliphatic rings. The Morgan fingerprint density at radius 3 is 2.57 bits per heavy atom. The summed E-state index contributed by atoms with van der Waals surface area (Å²) in [6.07, 6.45) is 11.3.